The van der Waals surface area contributed by atoms with Crippen molar-refractivity contribution in [3.63, 3.8) is 0 Å². The predicted octanol–water partition coefficient (Wildman–Crippen LogP) is 3.57. The van der Waals surface area contributed by atoms with Gasteiger partial charge in [-0.2, -0.15) is 0 Å². The van der Waals surface area contributed by atoms with Crippen LogP contribution in [-0.4, -0.2) is 35.0 Å². The van der Waals surface area contributed by atoms with E-state index in [1.165, 1.54) is 4.90 Å². The van der Waals surface area contributed by atoms with Crippen molar-refractivity contribution in [2.45, 2.75) is 39.3 Å². The average Bonchev–Trinajstić information content (AvgIpc) is 2.85. The standard InChI is InChI=1S/C20H23N3O3/c1-13(2)18-11-15(9-10-21-18)12-22-14(3)19(24)23(20(22)25)16-5-7-17(26-4)8-6-16/h5-11,13-14H,12H2,1-4H3. The number of nitrogens with zero attached hydrogens (tertiary/aromatic N) is 3. The lowest BCUT2D eigenvalue weighted by Crippen LogP contribution is -2.33. The van der Waals surface area contributed by atoms with Gasteiger partial charge in [-0.15, -0.1) is 0 Å². The highest BCUT2D eigenvalue weighted by Gasteiger charge is 2.43. The topological polar surface area (TPSA) is 62.7 Å². The van der Waals surface area contributed by atoms with Gasteiger partial charge in [0.25, 0.3) is 5.91 Å². The number of methoxy groups -OCH3 is 1. The van der Waals surface area contributed by atoms with E-state index in [9.17, 15) is 9.59 Å². The van der Waals surface area contributed by atoms with Crippen molar-refractivity contribution in [2.24, 2.45) is 0 Å². The molecule has 6 heteroatoms. The van der Waals surface area contributed by atoms with Crippen LogP contribution in [0.25, 0.3) is 0 Å². The van der Waals surface area contributed by atoms with Crippen LogP contribution in [0.15, 0.2) is 42.6 Å². The summed E-state index contributed by atoms with van der Waals surface area (Å²) in [5, 5.41) is 0. The molecular formula is C20H23N3O3. The Hall–Kier alpha value is -2.89. The quantitative estimate of drug-likeness (QED) is 0.771. The van der Waals surface area contributed by atoms with Crippen molar-refractivity contribution >= 4 is 17.6 Å². The highest BCUT2D eigenvalue weighted by atomic mass is 16.5. The number of benzene rings is 1. The van der Waals surface area contributed by atoms with E-state index in [1.807, 2.05) is 12.1 Å². The van der Waals surface area contributed by atoms with Gasteiger partial charge in [0.2, 0.25) is 0 Å². The molecule has 1 aliphatic rings. The minimum atomic E-state index is -0.514. The molecule has 1 aromatic carbocycles. The van der Waals surface area contributed by atoms with Gasteiger partial charge >= 0.3 is 6.03 Å². The third kappa shape index (κ3) is 3.27. The lowest BCUT2D eigenvalue weighted by molar-refractivity contribution is -0.119. The Balaban J connectivity index is 1.84. The molecular weight excluding hydrogens is 330 g/mol. The molecule has 1 unspecified atom stereocenters. The van der Waals surface area contributed by atoms with E-state index < -0.39 is 6.04 Å². The maximum atomic E-state index is 12.9. The van der Waals surface area contributed by atoms with E-state index in [0.29, 0.717) is 23.9 Å². The Morgan fingerprint density at radius 1 is 1.15 bits per heavy atom. The molecule has 26 heavy (non-hydrogen) atoms. The maximum Gasteiger partial charge on any atom is 0.332 e. The first-order valence-electron chi connectivity index (χ1n) is 8.65. The van der Waals surface area contributed by atoms with Gasteiger partial charge in [-0.3, -0.25) is 9.78 Å². The van der Waals surface area contributed by atoms with Gasteiger partial charge in [0.15, 0.2) is 0 Å². The zero-order valence-corrected chi connectivity index (χ0v) is 15.5. The molecule has 0 bridgehead atoms. The number of rotatable bonds is 5. The molecule has 1 saturated heterocycles. The monoisotopic (exact) mass is 353 g/mol. The Kier molecular flexibility index (Phi) is 4.93. The van der Waals surface area contributed by atoms with Crippen molar-refractivity contribution in [1.29, 1.82) is 0 Å². The molecule has 3 amide bonds. The number of aromatic nitrogens is 1. The summed E-state index contributed by atoms with van der Waals surface area (Å²) in [6, 6.07) is 9.96. The number of carbonyl (C=O) groups excluding carboxylic acids is 2. The van der Waals surface area contributed by atoms with Gasteiger partial charge in [0.05, 0.1) is 12.8 Å². The maximum absolute atomic E-state index is 12.9. The van der Waals surface area contributed by atoms with Crippen LogP contribution in [0.2, 0.25) is 0 Å². The number of hydrogen-bond donors (Lipinski definition) is 0. The Bertz CT molecular complexity index is 817. The number of anilines is 1. The van der Waals surface area contributed by atoms with Crippen LogP contribution in [0.5, 0.6) is 5.75 Å². The molecule has 0 N–H and O–H groups in total. The number of hydrogen-bond acceptors (Lipinski definition) is 4. The third-order valence-corrected chi connectivity index (χ3v) is 4.60. The largest absolute Gasteiger partial charge is 0.497 e. The van der Waals surface area contributed by atoms with E-state index in [4.69, 9.17) is 4.74 Å². The molecule has 6 nitrogen and oxygen atoms in total. The van der Waals surface area contributed by atoms with Crippen molar-refractivity contribution in [3.05, 3.63) is 53.9 Å². The van der Waals surface area contributed by atoms with E-state index in [0.717, 1.165) is 11.3 Å². The second kappa shape index (κ2) is 7.15. The van der Waals surface area contributed by atoms with Gasteiger partial charge in [-0.25, -0.2) is 9.69 Å². The molecule has 1 aliphatic heterocycles. The van der Waals surface area contributed by atoms with Crippen LogP contribution < -0.4 is 9.64 Å². The zero-order valence-electron chi connectivity index (χ0n) is 15.5. The highest BCUT2D eigenvalue weighted by molar-refractivity contribution is 6.21. The summed E-state index contributed by atoms with van der Waals surface area (Å²) in [6.45, 7) is 6.28. The highest BCUT2D eigenvalue weighted by Crippen LogP contribution is 2.28. The Labute approximate surface area is 153 Å². The molecule has 0 spiro atoms. The minimum absolute atomic E-state index is 0.224. The molecule has 1 fully saturated rings. The summed E-state index contributed by atoms with van der Waals surface area (Å²) < 4.78 is 5.13. The van der Waals surface area contributed by atoms with Gasteiger partial charge in [-0.05, 0) is 54.8 Å². The first-order valence-corrected chi connectivity index (χ1v) is 8.65. The zero-order chi connectivity index (χ0) is 18.8. The van der Waals surface area contributed by atoms with Crippen molar-refractivity contribution in [3.8, 4) is 5.75 Å². The molecule has 2 heterocycles. The van der Waals surface area contributed by atoms with Gasteiger partial charge < -0.3 is 9.64 Å². The second-order valence-corrected chi connectivity index (χ2v) is 6.70. The molecule has 0 aliphatic carbocycles. The van der Waals surface area contributed by atoms with Crippen molar-refractivity contribution in [1.82, 2.24) is 9.88 Å². The number of carbonyl (C=O) groups is 2. The summed E-state index contributed by atoms with van der Waals surface area (Å²) in [6.07, 6.45) is 1.75. The molecule has 2 aromatic rings. The predicted molar refractivity (Wildman–Crippen MR) is 99.2 cm³/mol. The van der Waals surface area contributed by atoms with Crippen molar-refractivity contribution in [2.75, 3.05) is 12.0 Å². The number of ether oxygens (including phenoxy) is 1. The number of imide groups is 1. The molecule has 0 saturated carbocycles. The first kappa shape index (κ1) is 17.9. The van der Waals surface area contributed by atoms with Gasteiger partial charge in [0.1, 0.15) is 11.8 Å². The number of pyridine rings is 1. The summed E-state index contributed by atoms with van der Waals surface area (Å²) >= 11 is 0. The van der Waals surface area contributed by atoms with Crippen LogP contribution in [0.1, 0.15) is 37.9 Å². The lowest BCUT2D eigenvalue weighted by Gasteiger charge is -2.20. The number of amides is 3. The van der Waals surface area contributed by atoms with Gasteiger partial charge in [-0.1, -0.05) is 13.8 Å². The molecule has 1 aromatic heterocycles. The van der Waals surface area contributed by atoms with Crippen LogP contribution >= 0.6 is 0 Å². The van der Waals surface area contributed by atoms with Crippen molar-refractivity contribution < 1.29 is 14.3 Å². The molecule has 1 atom stereocenters. The SMILES string of the molecule is COc1ccc(N2C(=O)C(C)N(Cc3ccnc(C(C)C)c3)C2=O)cc1. The first-order chi connectivity index (χ1) is 12.4. The summed E-state index contributed by atoms with van der Waals surface area (Å²) in [4.78, 5) is 32.7. The van der Waals surface area contributed by atoms with E-state index in [2.05, 4.69) is 18.8 Å². The lowest BCUT2D eigenvalue weighted by atomic mass is 10.1. The molecule has 0 radical (unpaired) electrons. The second-order valence-electron chi connectivity index (χ2n) is 6.70. The Morgan fingerprint density at radius 3 is 2.46 bits per heavy atom. The fourth-order valence-corrected chi connectivity index (χ4v) is 2.99. The van der Waals surface area contributed by atoms with E-state index >= 15 is 0 Å². The Morgan fingerprint density at radius 2 is 1.85 bits per heavy atom. The summed E-state index contributed by atoms with van der Waals surface area (Å²) in [5.74, 6) is 0.758. The fraction of sp³-hybridized carbons (Fsp3) is 0.350. The van der Waals surface area contributed by atoms with E-state index in [-0.39, 0.29) is 11.9 Å². The van der Waals surface area contributed by atoms with Crippen LogP contribution in [0, 0.1) is 0 Å². The van der Waals surface area contributed by atoms with Crippen LogP contribution in [0.3, 0.4) is 0 Å². The molecule has 3 rings (SSSR count). The fourth-order valence-electron chi connectivity index (χ4n) is 2.99. The third-order valence-electron chi connectivity index (χ3n) is 4.60. The molecule has 136 valence electrons. The smallest absolute Gasteiger partial charge is 0.332 e. The minimum Gasteiger partial charge on any atom is -0.497 e. The summed E-state index contributed by atoms with van der Waals surface area (Å²) in [5.41, 5.74) is 2.49. The summed E-state index contributed by atoms with van der Waals surface area (Å²) in [7, 11) is 1.57. The van der Waals surface area contributed by atoms with Crippen LogP contribution in [0.4, 0.5) is 10.5 Å². The average molecular weight is 353 g/mol. The van der Waals surface area contributed by atoms with E-state index in [1.54, 1.807) is 49.4 Å². The van der Waals surface area contributed by atoms with Gasteiger partial charge in [0, 0.05) is 18.4 Å². The van der Waals surface area contributed by atoms with Crippen LogP contribution in [-0.2, 0) is 11.3 Å². The number of urea groups is 1. The normalized spacial score (nSPS) is 17.3.